The molecule has 0 atom stereocenters. The molecular weight excluding hydrogens is 256 g/mol. The molecule has 2 rings (SSSR count). The van der Waals surface area contributed by atoms with Gasteiger partial charge in [-0.3, -0.25) is 4.79 Å². The first-order valence-corrected chi connectivity index (χ1v) is 6.96. The molecule has 1 saturated heterocycles. The highest BCUT2D eigenvalue weighted by atomic mass is 16.4. The highest BCUT2D eigenvalue weighted by Gasteiger charge is 2.23. The molecule has 2 amide bonds. The zero-order valence-corrected chi connectivity index (χ0v) is 11.4. The molecule has 108 valence electrons. The van der Waals surface area contributed by atoms with Gasteiger partial charge < -0.3 is 15.3 Å². The van der Waals surface area contributed by atoms with Crippen molar-refractivity contribution in [3.05, 3.63) is 35.9 Å². The van der Waals surface area contributed by atoms with Crippen molar-refractivity contribution in [3.8, 4) is 0 Å². The zero-order chi connectivity index (χ0) is 14.4. The Labute approximate surface area is 118 Å². The summed E-state index contributed by atoms with van der Waals surface area (Å²) in [5.74, 6) is 0.0441. The van der Waals surface area contributed by atoms with Gasteiger partial charge >= 0.3 is 6.09 Å². The third kappa shape index (κ3) is 4.26. The summed E-state index contributed by atoms with van der Waals surface area (Å²) in [6.07, 6.45) is 1.73. The summed E-state index contributed by atoms with van der Waals surface area (Å²) in [6.45, 7) is 0.998. The van der Waals surface area contributed by atoms with Crippen molar-refractivity contribution in [2.45, 2.75) is 31.7 Å². The van der Waals surface area contributed by atoms with E-state index >= 15 is 0 Å². The second-order valence-corrected chi connectivity index (χ2v) is 5.10. The van der Waals surface area contributed by atoms with Gasteiger partial charge in [0, 0.05) is 25.6 Å². The number of nitrogens with zero attached hydrogens (tertiary/aromatic N) is 1. The van der Waals surface area contributed by atoms with Gasteiger partial charge in [-0.15, -0.1) is 0 Å². The fraction of sp³-hybridized carbons (Fsp3) is 0.467. The minimum Gasteiger partial charge on any atom is -0.465 e. The first-order valence-electron chi connectivity index (χ1n) is 6.96. The number of carbonyl (C=O) groups is 2. The van der Waals surface area contributed by atoms with E-state index in [0.717, 1.165) is 12.0 Å². The molecule has 5 nitrogen and oxygen atoms in total. The van der Waals surface area contributed by atoms with Crippen molar-refractivity contribution < 1.29 is 14.7 Å². The fourth-order valence-corrected chi connectivity index (χ4v) is 2.42. The van der Waals surface area contributed by atoms with E-state index in [1.54, 1.807) is 0 Å². The van der Waals surface area contributed by atoms with Crippen LogP contribution in [0.2, 0.25) is 0 Å². The first-order chi connectivity index (χ1) is 9.65. The lowest BCUT2D eigenvalue weighted by molar-refractivity contribution is -0.122. The van der Waals surface area contributed by atoms with Crippen molar-refractivity contribution in [2.75, 3.05) is 13.1 Å². The van der Waals surface area contributed by atoms with Crippen LogP contribution in [0.15, 0.2) is 30.3 Å². The van der Waals surface area contributed by atoms with Crippen LogP contribution in [0, 0.1) is 0 Å². The second kappa shape index (κ2) is 6.93. The van der Waals surface area contributed by atoms with Crippen molar-refractivity contribution in [2.24, 2.45) is 0 Å². The molecule has 1 heterocycles. The largest absolute Gasteiger partial charge is 0.465 e. The number of hydrogen-bond acceptors (Lipinski definition) is 2. The Morgan fingerprint density at radius 2 is 1.85 bits per heavy atom. The molecule has 1 aliphatic rings. The molecule has 1 aromatic carbocycles. The molecule has 0 aromatic heterocycles. The normalized spacial score (nSPS) is 15.9. The van der Waals surface area contributed by atoms with Gasteiger partial charge in [0.05, 0.1) is 0 Å². The van der Waals surface area contributed by atoms with Crippen molar-refractivity contribution >= 4 is 12.0 Å². The summed E-state index contributed by atoms with van der Waals surface area (Å²) in [7, 11) is 0. The standard InChI is InChI=1S/C15H20N2O3/c18-14(7-6-12-4-2-1-3-5-12)16-13-8-10-17(11-9-13)15(19)20/h1-5,13H,6-11H2,(H,16,18)(H,19,20). The highest BCUT2D eigenvalue weighted by molar-refractivity contribution is 5.76. The highest BCUT2D eigenvalue weighted by Crippen LogP contribution is 2.11. The van der Waals surface area contributed by atoms with Crippen LogP contribution in [0.25, 0.3) is 0 Å². The molecule has 1 aliphatic heterocycles. The smallest absolute Gasteiger partial charge is 0.407 e. The van der Waals surface area contributed by atoms with Gasteiger partial charge in [-0.1, -0.05) is 30.3 Å². The molecule has 20 heavy (non-hydrogen) atoms. The van der Waals surface area contributed by atoms with E-state index < -0.39 is 6.09 Å². The third-order valence-electron chi connectivity index (χ3n) is 3.61. The third-order valence-corrected chi connectivity index (χ3v) is 3.61. The predicted octanol–water partition coefficient (Wildman–Crippen LogP) is 1.88. The van der Waals surface area contributed by atoms with Gasteiger partial charge in [-0.05, 0) is 24.8 Å². The van der Waals surface area contributed by atoms with E-state index in [4.69, 9.17) is 5.11 Å². The summed E-state index contributed by atoms with van der Waals surface area (Å²) in [5, 5.41) is 11.8. The SMILES string of the molecule is O=C(CCc1ccccc1)NC1CCN(C(=O)O)CC1. The summed E-state index contributed by atoms with van der Waals surface area (Å²) in [4.78, 5) is 24.0. The minimum atomic E-state index is -0.876. The van der Waals surface area contributed by atoms with E-state index in [-0.39, 0.29) is 11.9 Å². The van der Waals surface area contributed by atoms with Gasteiger partial charge in [0.2, 0.25) is 5.91 Å². The maximum atomic E-state index is 11.9. The average molecular weight is 276 g/mol. The number of benzene rings is 1. The van der Waals surface area contributed by atoms with E-state index in [9.17, 15) is 9.59 Å². The Morgan fingerprint density at radius 3 is 2.45 bits per heavy atom. The summed E-state index contributed by atoms with van der Waals surface area (Å²) < 4.78 is 0. The topological polar surface area (TPSA) is 69.6 Å². The van der Waals surface area contributed by atoms with E-state index in [2.05, 4.69) is 5.32 Å². The van der Waals surface area contributed by atoms with Crippen LogP contribution < -0.4 is 5.32 Å². The lowest BCUT2D eigenvalue weighted by Crippen LogP contribution is -2.46. The van der Waals surface area contributed by atoms with Crippen LogP contribution in [-0.4, -0.2) is 41.1 Å². The van der Waals surface area contributed by atoms with Gasteiger partial charge in [-0.25, -0.2) is 4.79 Å². The van der Waals surface area contributed by atoms with Crippen LogP contribution in [0.3, 0.4) is 0 Å². The van der Waals surface area contributed by atoms with Gasteiger partial charge in [0.25, 0.3) is 0 Å². The number of likely N-dealkylation sites (tertiary alicyclic amines) is 1. The molecule has 2 N–H and O–H groups in total. The number of amides is 2. The van der Waals surface area contributed by atoms with Crippen LogP contribution >= 0.6 is 0 Å². The van der Waals surface area contributed by atoms with E-state index in [1.807, 2.05) is 30.3 Å². The molecule has 0 spiro atoms. The van der Waals surface area contributed by atoms with Crippen molar-refractivity contribution in [1.29, 1.82) is 0 Å². The summed E-state index contributed by atoms with van der Waals surface area (Å²) in [5.41, 5.74) is 1.16. The minimum absolute atomic E-state index is 0.0441. The lowest BCUT2D eigenvalue weighted by Gasteiger charge is -2.30. The van der Waals surface area contributed by atoms with E-state index in [1.165, 1.54) is 4.90 Å². The van der Waals surface area contributed by atoms with Crippen LogP contribution in [0.5, 0.6) is 0 Å². The molecule has 1 fully saturated rings. The summed E-state index contributed by atoms with van der Waals surface area (Å²) in [6, 6.07) is 10.0. The number of nitrogens with one attached hydrogen (secondary N) is 1. The number of carboxylic acid groups (broad SMARTS) is 1. The Balaban J connectivity index is 1.69. The monoisotopic (exact) mass is 276 g/mol. The fourth-order valence-electron chi connectivity index (χ4n) is 2.42. The molecule has 0 radical (unpaired) electrons. The number of hydrogen-bond donors (Lipinski definition) is 2. The lowest BCUT2D eigenvalue weighted by atomic mass is 10.0. The molecule has 0 aliphatic carbocycles. The van der Waals surface area contributed by atoms with Gasteiger partial charge in [0.15, 0.2) is 0 Å². The second-order valence-electron chi connectivity index (χ2n) is 5.10. The maximum Gasteiger partial charge on any atom is 0.407 e. The Bertz CT molecular complexity index is 453. The Hall–Kier alpha value is -2.04. The molecule has 0 saturated carbocycles. The molecule has 5 heteroatoms. The number of piperidine rings is 1. The van der Waals surface area contributed by atoms with Gasteiger partial charge in [0.1, 0.15) is 0 Å². The molecule has 0 unspecified atom stereocenters. The van der Waals surface area contributed by atoms with Crippen LogP contribution in [-0.2, 0) is 11.2 Å². The molecule has 1 aromatic rings. The predicted molar refractivity (Wildman–Crippen MR) is 75.5 cm³/mol. The zero-order valence-electron chi connectivity index (χ0n) is 11.4. The van der Waals surface area contributed by atoms with Crippen molar-refractivity contribution in [1.82, 2.24) is 10.2 Å². The maximum absolute atomic E-state index is 11.9. The quantitative estimate of drug-likeness (QED) is 0.882. The number of rotatable bonds is 4. The molecule has 0 bridgehead atoms. The Morgan fingerprint density at radius 1 is 1.20 bits per heavy atom. The van der Waals surface area contributed by atoms with Gasteiger partial charge in [-0.2, -0.15) is 0 Å². The van der Waals surface area contributed by atoms with Crippen molar-refractivity contribution in [3.63, 3.8) is 0 Å². The van der Waals surface area contributed by atoms with Crippen LogP contribution in [0.1, 0.15) is 24.8 Å². The molecular formula is C15H20N2O3. The number of carbonyl (C=O) groups excluding carboxylic acids is 1. The van der Waals surface area contributed by atoms with E-state index in [0.29, 0.717) is 32.4 Å². The van der Waals surface area contributed by atoms with Crippen LogP contribution in [0.4, 0.5) is 4.79 Å². The number of aryl methyl sites for hydroxylation is 1. The first kappa shape index (κ1) is 14.4. The average Bonchev–Trinajstić information content (AvgIpc) is 2.47. The summed E-state index contributed by atoms with van der Waals surface area (Å²) >= 11 is 0. The Kier molecular flexibility index (Phi) is 4.98.